The van der Waals surface area contributed by atoms with Crippen molar-refractivity contribution >= 4 is 39.2 Å². The summed E-state index contributed by atoms with van der Waals surface area (Å²) in [6, 6.07) is 14.5. The number of fused-ring (bicyclic) bond motifs is 4. The highest BCUT2D eigenvalue weighted by atomic mass is 16.5. The maximum absolute atomic E-state index is 13.5. The lowest BCUT2D eigenvalue weighted by Gasteiger charge is -2.12. The Kier molecular flexibility index (Phi) is 5.12. The second-order valence-electron chi connectivity index (χ2n) is 7.90. The Labute approximate surface area is 189 Å². The predicted octanol–water partition coefficient (Wildman–Crippen LogP) is 4.43. The number of nitrogens with zero attached hydrogens (tertiary/aromatic N) is 5. The molecule has 0 radical (unpaired) electrons. The number of hydrogen-bond donors (Lipinski definition) is 0. The van der Waals surface area contributed by atoms with Gasteiger partial charge in [0.05, 0.1) is 23.2 Å². The predicted molar refractivity (Wildman–Crippen MR) is 127 cm³/mol. The topological polar surface area (TPSA) is 91.9 Å². The first kappa shape index (κ1) is 20.8. The minimum atomic E-state index is -0.383. The van der Waals surface area contributed by atoms with Crippen molar-refractivity contribution in [3.63, 3.8) is 0 Å². The molecule has 0 aliphatic heterocycles. The van der Waals surface area contributed by atoms with Crippen LogP contribution in [0, 0.1) is 0 Å². The minimum absolute atomic E-state index is 0.00470. The van der Waals surface area contributed by atoms with Gasteiger partial charge in [-0.2, -0.15) is 0 Å². The van der Waals surface area contributed by atoms with E-state index in [-0.39, 0.29) is 17.6 Å². The van der Waals surface area contributed by atoms with Crippen LogP contribution in [0.5, 0.6) is 0 Å². The number of para-hydroxylation sites is 2. The number of aromatic nitrogens is 5. The zero-order valence-electron chi connectivity index (χ0n) is 18.6. The Balaban J connectivity index is 1.83. The molecule has 0 aliphatic rings. The molecule has 3 aromatic heterocycles. The van der Waals surface area contributed by atoms with Crippen molar-refractivity contribution in [1.29, 1.82) is 0 Å². The van der Waals surface area contributed by atoms with Crippen molar-refractivity contribution < 1.29 is 9.53 Å². The lowest BCUT2D eigenvalue weighted by molar-refractivity contribution is 0.0526. The fourth-order valence-corrected chi connectivity index (χ4v) is 3.97. The fourth-order valence-electron chi connectivity index (χ4n) is 3.97. The van der Waals surface area contributed by atoms with Crippen LogP contribution in [0.3, 0.4) is 0 Å². The highest BCUT2D eigenvalue weighted by Crippen LogP contribution is 2.28. The minimum Gasteiger partial charge on any atom is -0.462 e. The van der Waals surface area contributed by atoms with E-state index in [4.69, 9.17) is 14.7 Å². The molecule has 166 valence electrons. The number of rotatable bonds is 5. The third-order valence-electron chi connectivity index (χ3n) is 5.89. The smallest absolute Gasteiger partial charge is 0.338 e. The Bertz CT molecular complexity index is 1570. The summed E-state index contributed by atoms with van der Waals surface area (Å²) in [7, 11) is 0. The van der Waals surface area contributed by atoms with Crippen LogP contribution in [0.2, 0.25) is 0 Å². The third-order valence-corrected chi connectivity index (χ3v) is 5.89. The van der Waals surface area contributed by atoms with E-state index in [0.29, 0.717) is 39.9 Å². The SMILES string of the molecule is CCOC(=O)c1ccc(-n2c3nc4ccccc4nc3c3c(=O)n([C@H](C)CC)cnc32)cc1. The number of carbonyl (C=O) groups is 1. The van der Waals surface area contributed by atoms with Gasteiger partial charge in [-0.15, -0.1) is 0 Å². The van der Waals surface area contributed by atoms with E-state index < -0.39 is 0 Å². The summed E-state index contributed by atoms with van der Waals surface area (Å²) in [6.07, 6.45) is 2.39. The molecule has 1 atom stereocenters. The van der Waals surface area contributed by atoms with E-state index in [1.807, 2.05) is 42.7 Å². The first-order chi connectivity index (χ1) is 16.0. The third kappa shape index (κ3) is 3.34. The van der Waals surface area contributed by atoms with E-state index in [1.54, 1.807) is 42.1 Å². The van der Waals surface area contributed by atoms with Gasteiger partial charge in [0.2, 0.25) is 0 Å². The standard InChI is InChI=1S/C25H23N5O3/c1-4-15(3)29-14-26-22-20(24(29)31)21-23(28-19-9-7-6-8-18(19)27-21)30(22)17-12-10-16(11-13-17)25(32)33-5-2/h6-15H,4-5H2,1-3H3/t15-/m1/s1. The summed E-state index contributed by atoms with van der Waals surface area (Å²) >= 11 is 0. The van der Waals surface area contributed by atoms with Crippen LogP contribution in [0.15, 0.2) is 59.7 Å². The van der Waals surface area contributed by atoms with Crippen LogP contribution in [-0.4, -0.2) is 36.7 Å². The molecule has 0 unspecified atom stereocenters. The van der Waals surface area contributed by atoms with Gasteiger partial charge in [0.25, 0.3) is 5.56 Å². The summed E-state index contributed by atoms with van der Waals surface area (Å²) in [5.41, 5.74) is 3.98. The zero-order chi connectivity index (χ0) is 23.1. The quantitative estimate of drug-likeness (QED) is 0.375. The summed E-state index contributed by atoms with van der Waals surface area (Å²) in [5, 5.41) is 0.431. The van der Waals surface area contributed by atoms with Gasteiger partial charge < -0.3 is 4.74 Å². The van der Waals surface area contributed by atoms with Crippen molar-refractivity contribution in [3.8, 4) is 5.69 Å². The summed E-state index contributed by atoms with van der Waals surface area (Å²) in [4.78, 5) is 39.9. The zero-order valence-corrected chi connectivity index (χ0v) is 18.6. The molecule has 0 N–H and O–H groups in total. The average molecular weight is 441 g/mol. The van der Waals surface area contributed by atoms with Gasteiger partial charge in [-0.1, -0.05) is 19.1 Å². The van der Waals surface area contributed by atoms with Gasteiger partial charge in [0.15, 0.2) is 11.3 Å². The molecule has 33 heavy (non-hydrogen) atoms. The van der Waals surface area contributed by atoms with Crippen molar-refractivity contribution in [2.24, 2.45) is 0 Å². The first-order valence-electron chi connectivity index (χ1n) is 11.0. The maximum Gasteiger partial charge on any atom is 0.338 e. The van der Waals surface area contributed by atoms with Crippen LogP contribution in [0.4, 0.5) is 0 Å². The number of ether oxygens (including phenoxy) is 1. The van der Waals surface area contributed by atoms with Crippen LogP contribution in [0.1, 0.15) is 43.6 Å². The fraction of sp³-hybridized carbons (Fsp3) is 0.240. The van der Waals surface area contributed by atoms with Gasteiger partial charge >= 0.3 is 5.97 Å². The second kappa shape index (κ2) is 8.12. The van der Waals surface area contributed by atoms with Gasteiger partial charge in [-0.25, -0.2) is 19.7 Å². The monoisotopic (exact) mass is 441 g/mol. The highest BCUT2D eigenvalue weighted by Gasteiger charge is 2.22. The average Bonchev–Trinajstić information content (AvgIpc) is 3.16. The van der Waals surface area contributed by atoms with Crippen molar-refractivity contribution in [2.45, 2.75) is 33.2 Å². The Hall–Kier alpha value is -4.07. The number of carbonyl (C=O) groups excluding carboxylic acids is 1. The highest BCUT2D eigenvalue weighted by molar-refractivity contribution is 6.05. The Morgan fingerprint density at radius 1 is 1.00 bits per heavy atom. The molecule has 0 bridgehead atoms. The molecule has 0 saturated carbocycles. The number of esters is 1. The molecule has 3 heterocycles. The van der Waals surface area contributed by atoms with Crippen molar-refractivity contribution in [1.82, 2.24) is 24.1 Å². The van der Waals surface area contributed by atoms with Crippen molar-refractivity contribution in [3.05, 3.63) is 70.8 Å². The molecule has 0 aliphatic carbocycles. The molecule has 0 spiro atoms. The molecular formula is C25H23N5O3. The Morgan fingerprint density at radius 3 is 2.36 bits per heavy atom. The van der Waals surface area contributed by atoms with Crippen molar-refractivity contribution in [2.75, 3.05) is 6.61 Å². The molecule has 0 saturated heterocycles. The van der Waals surface area contributed by atoms with E-state index in [0.717, 1.165) is 17.6 Å². The molecule has 8 nitrogen and oxygen atoms in total. The molecular weight excluding hydrogens is 418 g/mol. The van der Waals surface area contributed by atoms with Crippen LogP contribution < -0.4 is 5.56 Å². The lowest BCUT2D eigenvalue weighted by atomic mass is 10.2. The maximum atomic E-state index is 13.5. The van der Waals surface area contributed by atoms with Crippen LogP contribution in [-0.2, 0) is 4.74 Å². The first-order valence-corrected chi connectivity index (χ1v) is 11.0. The second-order valence-corrected chi connectivity index (χ2v) is 7.90. The molecule has 5 rings (SSSR count). The van der Waals surface area contributed by atoms with E-state index in [2.05, 4.69) is 4.98 Å². The van der Waals surface area contributed by atoms with Crippen LogP contribution in [0.25, 0.3) is 38.9 Å². The molecule has 5 aromatic rings. The van der Waals surface area contributed by atoms with E-state index in [1.165, 1.54) is 0 Å². The van der Waals surface area contributed by atoms with Gasteiger partial charge in [0.1, 0.15) is 17.2 Å². The van der Waals surface area contributed by atoms with E-state index in [9.17, 15) is 9.59 Å². The number of benzene rings is 2. The Morgan fingerprint density at radius 2 is 1.70 bits per heavy atom. The summed E-state index contributed by atoms with van der Waals surface area (Å²) in [6.45, 7) is 6.10. The molecule has 0 fully saturated rings. The molecule has 8 heteroatoms. The van der Waals surface area contributed by atoms with Gasteiger partial charge in [-0.05, 0) is 56.7 Å². The van der Waals surface area contributed by atoms with E-state index >= 15 is 0 Å². The van der Waals surface area contributed by atoms with Gasteiger partial charge in [0, 0.05) is 11.7 Å². The summed E-state index contributed by atoms with van der Waals surface area (Å²) in [5.74, 6) is -0.383. The number of hydrogen-bond acceptors (Lipinski definition) is 6. The molecule has 2 aromatic carbocycles. The lowest BCUT2D eigenvalue weighted by Crippen LogP contribution is -2.23. The summed E-state index contributed by atoms with van der Waals surface area (Å²) < 4.78 is 8.55. The normalized spacial score (nSPS) is 12.5. The van der Waals surface area contributed by atoms with Crippen LogP contribution >= 0.6 is 0 Å². The largest absolute Gasteiger partial charge is 0.462 e. The molecule has 0 amide bonds. The van der Waals surface area contributed by atoms with Gasteiger partial charge in [-0.3, -0.25) is 13.9 Å².